The summed E-state index contributed by atoms with van der Waals surface area (Å²) in [6.07, 6.45) is 1.58. The van der Waals surface area contributed by atoms with Crippen molar-refractivity contribution in [3.63, 3.8) is 0 Å². The number of morpholine rings is 1. The summed E-state index contributed by atoms with van der Waals surface area (Å²) >= 11 is 0. The van der Waals surface area contributed by atoms with E-state index in [1.165, 1.54) is 5.56 Å². The Kier molecular flexibility index (Phi) is 6.42. The Labute approximate surface area is 148 Å². The van der Waals surface area contributed by atoms with Gasteiger partial charge in [0.15, 0.2) is 0 Å². The van der Waals surface area contributed by atoms with Crippen LogP contribution in [0.25, 0.3) is 0 Å². The van der Waals surface area contributed by atoms with Crippen LogP contribution in [0.15, 0.2) is 36.7 Å². The molecule has 1 saturated heterocycles. The largest absolute Gasteiger partial charge is 0.497 e. The number of rotatable bonds is 8. The van der Waals surface area contributed by atoms with Gasteiger partial charge in [-0.1, -0.05) is 12.1 Å². The van der Waals surface area contributed by atoms with Crippen molar-refractivity contribution in [3.05, 3.63) is 42.2 Å². The first-order valence-electron chi connectivity index (χ1n) is 8.56. The third-order valence-electron chi connectivity index (χ3n) is 4.14. The Bertz CT molecular complexity index is 644. The summed E-state index contributed by atoms with van der Waals surface area (Å²) in [4.78, 5) is 10.9. The number of hydrogen-bond acceptors (Lipinski definition) is 7. The molecule has 2 N–H and O–H groups in total. The molecular formula is C18H25N5O2. The molecule has 0 atom stereocenters. The molecule has 2 heterocycles. The molecule has 0 aliphatic carbocycles. The zero-order valence-corrected chi connectivity index (χ0v) is 14.6. The van der Waals surface area contributed by atoms with E-state index in [1.807, 2.05) is 30.3 Å². The smallest absolute Gasteiger partial charge is 0.131 e. The molecule has 1 fully saturated rings. The summed E-state index contributed by atoms with van der Waals surface area (Å²) < 4.78 is 10.5. The van der Waals surface area contributed by atoms with Crippen LogP contribution in [0.5, 0.6) is 5.75 Å². The van der Waals surface area contributed by atoms with Crippen molar-refractivity contribution in [2.24, 2.45) is 0 Å². The molecule has 1 aliphatic rings. The fraction of sp³-hybridized carbons (Fsp3) is 0.444. The molecule has 7 heteroatoms. The van der Waals surface area contributed by atoms with E-state index in [0.29, 0.717) is 6.54 Å². The molecule has 0 saturated carbocycles. The van der Waals surface area contributed by atoms with E-state index in [-0.39, 0.29) is 0 Å². The predicted molar refractivity (Wildman–Crippen MR) is 98.1 cm³/mol. The van der Waals surface area contributed by atoms with Gasteiger partial charge >= 0.3 is 0 Å². The van der Waals surface area contributed by atoms with Crippen LogP contribution in [0.2, 0.25) is 0 Å². The van der Waals surface area contributed by atoms with Crippen LogP contribution in [-0.4, -0.2) is 61.4 Å². The fourth-order valence-electron chi connectivity index (χ4n) is 2.65. The minimum Gasteiger partial charge on any atom is -0.497 e. The van der Waals surface area contributed by atoms with Gasteiger partial charge in [-0.15, -0.1) is 0 Å². The fourth-order valence-corrected chi connectivity index (χ4v) is 2.65. The third kappa shape index (κ3) is 5.58. The highest BCUT2D eigenvalue weighted by Gasteiger charge is 2.09. The lowest BCUT2D eigenvalue weighted by molar-refractivity contribution is 0.0398. The Morgan fingerprint density at radius 3 is 2.52 bits per heavy atom. The number of benzene rings is 1. The molecule has 7 nitrogen and oxygen atoms in total. The van der Waals surface area contributed by atoms with Crippen molar-refractivity contribution in [3.8, 4) is 5.75 Å². The van der Waals surface area contributed by atoms with Gasteiger partial charge in [0.05, 0.1) is 20.3 Å². The van der Waals surface area contributed by atoms with Gasteiger partial charge in [0.2, 0.25) is 0 Å². The zero-order valence-electron chi connectivity index (χ0n) is 14.6. The van der Waals surface area contributed by atoms with E-state index in [9.17, 15) is 0 Å². The third-order valence-corrected chi connectivity index (χ3v) is 4.14. The topological polar surface area (TPSA) is 71.5 Å². The highest BCUT2D eigenvalue weighted by Crippen LogP contribution is 2.14. The van der Waals surface area contributed by atoms with Crippen LogP contribution in [-0.2, 0) is 11.3 Å². The normalized spacial score (nSPS) is 14.9. The number of nitrogens with zero attached hydrogens (tertiary/aromatic N) is 3. The second kappa shape index (κ2) is 9.19. The Hall–Kier alpha value is -2.38. The van der Waals surface area contributed by atoms with Crippen LogP contribution in [0.1, 0.15) is 5.56 Å². The monoisotopic (exact) mass is 343 g/mol. The highest BCUT2D eigenvalue weighted by atomic mass is 16.5. The number of ether oxygens (including phenoxy) is 2. The SMILES string of the molecule is COc1ccc(CNc2cc(NCCN3CCOCC3)ncn2)cc1. The highest BCUT2D eigenvalue weighted by molar-refractivity contribution is 5.46. The number of aromatic nitrogens is 2. The molecule has 2 aromatic rings. The van der Waals surface area contributed by atoms with E-state index >= 15 is 0 Å². The predicted octanol–water partition coefficient (Wildman–Crippen LogP) is 1.84. The second-order valence-electron chi connectivity index (χ2n) is 5.87. The summed E-state index contributed by atoms with van der Waals surface area (Å²) in [7, 11) is 1.67. The van der Waals surface area contributed by atoms with Gasteiger partial charge in [-0.2, -0.15) is 0 Å². The molecular weight excluding hydrogens is 318 g/mol. The summed E-state index contributed by atoms with van der Waals surface area (Å²) in [6.45, 7) is 6.20. The quantitative estimate of drug-likeness (QED) is 0.758. The van der Waals surface area contributed by atoms with Crippen molar-refractivity contribution in [2.75, 3.05) is 57.1 Å². The van der Waals surface area contributed by atoms with E-state index in [0.717, 1.165) is 56.8 Å². The standard InChI is InChI=1S/C18H25N5O2/c1-24-16-4-2-15(3-5-16)13-20-18-12-17(21-14-22-18)19-6-7-23-8-10-25-11-9-23/h2-5,12,14H,6-11,13H2,1H3,(H2,19,20,21,22). The molecule has 3 rings (SSSR count). The average molecular weight is 343 g/mol. The maximum absolute atomic E-state index is 5.36. The molecule has 134 valence electrons. The number of anilines is 2. The lowest BCUT2D eigenvalue weighted by atomic mass is 10.2. The molecule has 1 aromatic heterocycles. The second-order valence-corrected chi connectivity index (χ2v) is 5.87. The maximum atomic E-state index is 5.36. The van der Waals surface area contributed by atoms with Gasteiger partial charge in [-0.25, -0.2) is 9.97 Å². The Morgan fingerprint density at radius 1 is 1.08 bits per heavy atom. The number of methoxy groups -OCH3 is 1. The van der Waals surface area contributed by atoms with Gasteiger partial charge < -0.3 is 20.1 Å². The van der Waals surface area contributed by atoms with Gasteiger partial charge in [0, 0.05) is 38.8 Å². The zero-order chi connectivity index (χ0) is 17.3. The van der Waals surface area contributed by atoms with Crippen molar-refractivity contribution in [2.45, 2.75) is 6.54 Å². The van der Waals surface area contributed by atoms with Crippen molar-refractivity contribution in [1.82, 2.24) is 14.9 Å². The Balaban J connectivity index is 1.45. The van der Waals surface area contributed by atoms with Gasteiger partial charge in [-0.05, 0) is 17.7 Å². The van der Waals surface area contributed by atoms with Crippen LogP contribution >= 0.6 is 0 Å². The van der Waals surface area contributed by atoms with Crippen molar-refractivity contribution in [1.29, 1.82) is 0 Å². The van der Waals surface area contributed by atoms with Crippen LogP contribution in [0, 0.1) is 0 Å². The van der Waals surface area contributed by atoms with Crippen LogP contribution in [0.3, 0.4) is 0 Å². The van der Waals surface area contributed by atoms with E-state index < -0.39 is 0 Å². The summed E-state index contributed by atoms with van der Waals surface area (Å²) in [5.74, 6) is 2.50. The molecule has 0 bridgehead atoms. The van der Waals surface area contributed by atoms with Gasteiger partial charge in [0.25, 0.3) is 0 Å². The lowest BCUT2D eigenvalue weighted by Gasteiger charge is -2.26. The molecule has 25 heavy (non-hydrogen) atoms. The number of nitrogens with one attached hydrogen (secondary N) is 2. The first-order valence-corrected chi connectivity index (χ1v) is 8.56. The Morgan fingerprint density at radius 2 is 1.80 bits per heavy atom. The van der Waals surface area contributed by atoms with Crippen LogP contribution in [0.4, 0.5) is 11.6 Å². The minimum atomic E-state index is 0.703. The lowest BCUT2D eigenvalue weighted by Crippen LogP contribution is -2.39. The maximum Gasteiger partial charge on any atom is 0.131 e. The van der Waals surface area contributed by atoms with Crippen LogP contribution < -0.4 is 15.4 Å². The van der Waals surface area contributed by atoms with E-state index in [1.54, 1.807) is 13.4 Å². The molecule has 0 spiro atoms. The summed E-state index contributed by atoms with van der Waals surface area (Å²) in [5.41, 5.74) is 1.17. The summed E-state index contributed by atoms with van der Waals surface area (Å²) in [6, 6.07) is 9.91. The summed E-state index contributed by atoms with van der Waals surface area (Å²) in [5, 5.41) is 6.68. The minimum absolute atomic E-state index is 0.703. The molecule has 0 amide bonds. The molecule has 0 unspecified atom stereocenters. The van der Waals surface area contributed by atoms with E-state index in [4.69, 9.17) is 9.47 Å². The number of hydrogen-bond donors (Lipinski definition) is 2. The first kappa shape index (κ1) is 17.4. The molecule has 1 aromatic carbocycles. The van der Waals surface area contributed by atoms with Gasteiger partial charge in [0.1, 0.15) is 23.7 Å². The molecule has 0 radical (unpaired) electrons. The average Bonchev–Trinajstić information content (AvgIpc) is 2.68. The van der Waals surface area contributed by atoms with Crippen molar-refractivity contribution < 1.29 is 9.47 Å². The van der Waals surface area contributed by atoms with E-state index in [2.05, 4.69) is 25.5 Å². The first-order chi connectivity index (χ1) is 12.3. The van der Waals surface area contributed by atoms with Crippen molar-refractivity contribution >= 4 is 11.6 Å². The van der Waals surface area contributed by atoms with Gasteiger partial charge in [-0.3, -0.25) is 4.90 Å². The molecule has 1 aliphatic heterocycles.